The number of nitrogen functional groups attached to an aromatic ring is 1. The average Bonchev–Trinajstić information content (AvgIpc) is 2.61. The first kappa shape index (κ1) is 15.4. The van der Waals surface area contributed by atoms with Gasteiger partial charge >= 0.3 is 0 Å². The molecule has 2 aromatic rings. The summed E-state index contributed by atoms with van der Waals surface area (Å²) >= 11 is 0. The van der Waals surface area contributed by atoms with Crippen LogP contribution in [0.15, 0.2) is 42.7 Å². The van der Waals surface area contributed by atoms with E-state index in [-0.39, 0.29) is 12.0 Å². The van der Waals surface area contributed by atoms with Gasteiger partial charge in [0.15, 0.2) is 0 Å². The summed E-state index contributed by atoms with van der Waals surface area (Å²) < 4.78 is 5.91. The van der Waals surface area contributed by atoms with Gasteiger partial charge in [-0.15, -0.1) is 0 Å². The van der Waals surface area contributed by atoms with Crippen LogP contribution in [-0.4, -0.2) is 40.0 Å². The van der Waals surface area contributed by atoms with Gasteiger partial charge < -0.3 is 15.4 Å². The van der Waals surface area contributed by atoms with Gasteiger partial charge in [-0.25, -0.2) is 4.98 Å². The zero-order valence-electron chi connectivity index (χ0n) is 12.9. The van der Waals surface area contributed by atoms with Crippen molar-refractivity contribution < 1.29 is 9.53 Å². The number of rotatable bonds is 4. The van der Waals surface area contributed by atoms with Crippen LogP contribution in [0.1, 0.15) is 28.9 Å². The Labute approximate surface area is 135 Å². The van der Waals surface area contributed by atoms with Crippen molar-refractivity contribution in [2.24, 2.45) is 0 Å². The molecule has 1 saturated heterocycles. The van der Waals surface area contributed by atoms with Crippen LogP contribution in [-0.2, 0) is 11.3 Å². The molecule has 6 heteroatoms. The highest BCUT2D eigenvalue weighted by Crippen LogP contribution is 2.17. The smallest absolute Gasteiger partial charge is 0.272 e. The number of hydrogen-bond donors (Lipinski definition) is 1. The molecule has 0 aliphatic carbocycles. The fraction of sp³-hybridized carbons (Fsp3) is 0.353. The Balaban J connectivity index is 1.49. The minimum Gasteiger partial charge on any atom is -0.384 e. The summed E-state index contributed by atoms with van der Waals surface area (Å²) in [5.41, 5.74) is 7.10. The number of likely N-dealkylation sites (tertiary alicyclic amines) is 1. The molecular formula is C17H20N4O2. The van der Waals surface area contributed by atoms with Gasteiger partial charge in [0.25, 0.3) is 5.91 Å². The number of piperidine rings is 1. The fourth-order valence-corrected chi connectivity index (χ4v) is 2.66. The molecule has 23 heavy (non-hydrogen) atoms. The fourth-order valence-electron chi connectivity index (χ4n) is 2.66. The molecule has 2 N–H and O–H groups in total. The van der Waals surface area contributed by atoms with E-state index in [0.717, 1.165) is 18.4 Å². The van der Waals surface area contributed by atoms with Crippen LogP contribution in [0.3, 0.4) is 0 Å². The summed E-state index contributed by atoms with van der Waals surface area (Å²) in [5.74, 6) is 0.300. The number of carbonyl (C=O) groups excluding carboxylic acids is 1. The van der Waals surface area contributed by atoms with E-state index < -0.39 is 0 Å². The number of amides is 1. The van der Waals surface area contributed by atoms with Crippen LogP contribution >= 0.6 is 0 Å². The zero-order valence-corrected chi connectivity index (χ0v) is 12.9. The molecule has 3 heterocycles. The van der Waals surface area contributed by atoms with Crippen molar-refractivity contribution in [3.05, 3.63) is 54.0 Å². The van der Waals surface area contributed by atoms with Crippen LogP contribution in [0.25, 0.3) is 0 Å². The van der Waals surface area contributed by atoms with Gasteiger partial charge in [-0.1, -0.05) is 12.1 Å². The van der Waals surface area contributed by atoms with Crippen molar-refractivity contribution >= 4 is 11.7 Å². The minimum absolute atomic E-state index is 0.0667. The normalized spacial score (nSPS) is 15.6. The highest BCUT2D eigenvalue weighted by molar-refractivity contribution is 5.92. The van der Waals surface area contributed by atoms with Gasteiger partial charge in [-0.3, -0.25) is 9.78 Å². The average molecular weight is 312 g/mol. The van der Waals surface area contributed by atoms with Gasteiger partial charge in [0, 0.05) is 25.5 Å². The van der Waals surface area contributed by atoms with Crippen molar-refractivity contribution in [3.8, 4) is 0 Å². The lowest BCUT2D eigenvalue weighted by Gasteiger charge is -2.31. The van der Waals surface area contributed by atoms with E-state index in [1.54, 1.807) is 24.4 Å². The number of aromatic nitrogens is 2. The number of carbonyl (C=O) groups is 1. The first-order valence-corrected chi connectivity index (χ1v) is 7.74. The third-order valence-electron chi connectivity index (χ3n) is 3.93. The van der Waals surface area contributed by atoms with E-state index in [0.29, 0.717) is 31.2 Å². The number of nitrogens with two attached hydrogens (primary N) is 1. The quantitative estimate of drug-likeness (QED) is 0.932. The monoisotopic (exact) mass is 312 g/mol. The topological polar surface area (TPSA) is 81.3 Å². The zero-order chi connectivity index (χ0) is 16.1. The van der Waals surface area contributed by atoms with Crippen molar-refractivity contribution in [3.63, 3.8) is 0 Å². The largest absolute Gasteiger partial charge is 0.384 e. The number of anilines is 1. The third-order valence-corrected chi connectivity index (χ3v) is 3.93. The van der Waals surface area contributed by atoms with Crippen LogP contribution < -0.4 is 5.73 Å². The van der Waals surface area contributed by atoms with Gasteiger partial charge in [0.05, 0.1) is 12.7 Å². The predicted molar refractivity (Wildman–Crippen MR) is 86.6 cm³/mol. The lowest BCUT2D eigenvalue weighted by Crippen LogP contribution is -2.41. The molecule has 0 radical (unpaired) electrons. The molecule has 0 unspecified atom stereocenters. The molecule has 0 atom stereocenters. The Kier molecular flexibility index (Phi) is 4.83. The lowest BCUT2D eigenvalue weighted by atomic mass is 10.1. The number of ether oxygens (including phenoxy) is 1. The molecule has 6 nitrogen and oxygen atoms in total. The summed E-state index contributed by atoms with van der Waals surface area (Å²) in [6, 6.07) is 9.02. The predicted octanol–water partition coefficient (Wildman–Crippen LogP) is 1.88. The number of nitrogens with zero attached hydrogens (tertiary/aromatic N) is 3. The van der Waals surface area contributed by atoms with E-state index in [2.05, 4.69) is 9.97 Å². The summed E-state index contributed by atoms with van der Waals surface area (Å²) in [6.45, 7) is 1.91. The Hall–Kier alpha value is -2.47. The Morgan fingerprint density at radius 3 is 2.78 bits per heavy atom. The van der Waals surface area contributed by atoms with Gasteiger partial charge in [0.2, 0.25) is 0 Å². The maximum Gasteiger partial charge on any atom is 0.272 e. The standard InChI is InChI=1S/C17H20N4O2/c18-16-5-1-4-15(20-16)17(22)21-9-6-14(7-10-21)23-12-13-3-2-8-19-11-13/h1-5,8,11,14H,6-7,9-10,12H2,(H2,18,20). The maximum atomic E-state index is 12.4. The lowest BCUT2D eigenvalue weighted by molar-refractivity contribution is -0.000594. The second-order valence-electron chi connectivity index (χ2n) is 5.61. The van der Waals surface area contributed by atoms with E-state index in [4.69, 9.17) is 10.5 Å². The Morgan fingerprint density at radius 2 is 2.09 bits per heavy atom. The molecule has 120 valence electrons. The van der Waals surface area contributed by atoms with Crippen LogP contribution in [0, 0.1) is 0 Å². The molecule has 0 saturated carbocycles. The highest BCUT2D eigenvalue weighted by atomic mass is 16.5. The first-order valence-electron chi connectivity index (χ1n) is 7.74. The van der Waals surface area contributed by atoms with Crippen molar-refractivity contribution in [2.75, 3.05) is 18.8 Å². The second-order valence-corrected chi connectivity index (χ2v) is 5.61. The molecule has 1 fully saturated rings. The van der Waals surface area contributed by atoms with Crippen molar-refractivity contribution in [1.82, 2.24) is 14.9 Å². The van der Waals surface area contributed by atoms with Crippen LogP contribution in [0.5, 0.6) is 0 Å². The summed E-state index contributed by atoms with van der Waals surface area (Å²) in [7, 11) is 0. The minimum atomic E-state index is -0.0667. The van der Waals surface area contributed by atoms with Crippen molar-refractivity contribution in [2.45, 2.75) is 25.6 Å². The van der Waals surface area contributed by atoms with Crippen molar-refractivity contribution in [1.29, 1.82) is 0 Å². The summed E-state index contributed by atoms with van der Waals surface area (Å²) in [5, 5.41) is 0. The Morgan fingerprint density at radius 1 is 1.26 bits per heavy atom. The molecule has 3 rings (SSSR count). The molecule has 1 aliphatic heterocycles. The Bertz CT molecular complexity index is 655. The van der Waals surface area contributed by atoms with E-state index in [1.807, 2.05) is 23.2 Å². The van der Waals surface area contributed by atoms with Crippen LogP contribution in [0.2, 0.25) is 0 Å². The van der Waals surface area contributed by atoms with Gasteiger partial charge in [0.1, 0.15) is 11.5 Å². The van der Waals surface area contributed by atoms with Gasteiger partial charge in [-0.05, 0) is 36.6 Å². The van der Waals surface area contributed by atoms with E-state index in [1.165, 1.54) is 0 Å². The molecular weight excluding hydrogens is 292 g/mol. The second kappa shape index (κ2) is 7.19. The molecule has 0 bridgehead atoms. The highest BCUT2D eigenvalue weighted by Gasteiger charge is 2.24. The molecule has 1 amide bonds. The van der Waals surface area contributed by atoms with Gasteiger partial charge in [-0.2, -0.15) is 0 Å². The summed E-state index contributed by atoms with van der Waals surface area (Å²) in [4.78, 5) is 22.4. The third kappa shape index (κ3) is 4.04. The SMILES string of the molecule is Nc1cccc(C(=O)N2CCC(OCc3cccnc3)CC2)n1. The van der Waals surface area contributed by atoms with E-state index in [9.17, 15) is 4.79 Å². The maximum absolute atomic E-state index is 12.4. The van der Waals surface area contributed by atoms with Crippen LogP contribution in [0.4, 0.5) is 5.82 Å². The molecule has 1 aliphatic rings. The number of hydrogen-bond acceptors (Lipinski definition) is 5. The number of pyridine rings is 2. The molecule has 0 aromatic carbocycles. The van der Waals surface area contributed by atoms with E-state index >= 15 is 0 Å². The molecule has 0 spiro atoms. The molecule has 2 aromatic heterocycles. The summed E-state index contributed by atoms with van der Waals surface area (Å²) in [6.07, 6.45) is 5.39. The first-order chi connectivity index (χ1) is 11.2.